The Morgan fingerprint density at radius 2 is 2.00 bits per heavy atom. The summed E-state index contributed by atoms with van der Waals surface area (Å²) in [6.07, 6.45) is 0.0757. The quantitative estimate of drug-likeness (QED) is 0.788. The molecular formula is C15H19N3O2. The van der Waals surface area contributed by atoms with Gasteiger partial charge in [-0.2, -0.15) is 5.10 Å². The Kier molecular flexibility index (Phi) is 2.98. The zero-order valence-corrected chi connectivity index (χ0v) is 11.7. The molecule has 0 aliphatic carbocycles. The minimum Gasteiger partial charge on any atom is -0.372 e. The van der Waals surface area contributed by atoms with Gasteiger partial charge >= 0.3 is 0 Å². The largest absolute Gasteiger partial charge is 0.372 e. The van der Waals surface area contributed by atoms with Gasteiger partial charge in [0.15, 0.2) is 0 Å². The Labute approximate surface area is 118 Å². The number of hydrogen-bond donors (Lipinski definition) is 0. The molecule has 1 fully saturated rings. The summed E-state index contributed by atoms with van der Waals surface area (Å²) >= 11 is 0. The van der Waals surface area contributed by atoms with Gasteiger partial charge in [0.05, 0.1) is 31.0 Å². The van der Waals surface area contributed by atoms with E-state index in [0.717, 1.165) is 31.8 Å². The summed E-state index contributed by atoms with van der Waals surface area (Å²) in [5.74, 6) is 0. The second-order valence-electron chi connectivity index (χ2n) is 5.59. The number of fused-ring (bicyclic) bond motifs is 3. The summed E-state index contributed by atoms with van der Waals surface area (Å²) in [7, 11) is 2.13. The maximum Gasteiger partial charge on any atom is 0.127 e. The van der Waals surface area contributed by atoms with E-state index in [1.807, 2.05) is 6.07 Å². The van der Waals surface area contributed by atoms with E-state index in [-0.39, 0.29) is 12.2 Å². The first-order valence-electron chi connectivity index (χ1n) is 7.20. The molecule has 0 saturated carbocycles. The van der Waals surface area contributed by atoms with Crippen LogP contribution in [0, 0.1) is 0 Å². The van der Waals surface area contributed by atoms with Crippen LogP contribution in [0.5, 0.6) is 0 Å². The molecule has 106 valence electrons. The maximum absolute atomic E-state index is 6.05. The number of likely N-dealkylation sites (N-methyl/N-ethyl adjacent to an activating group) is 1. The van der Waals surface area contributed by atoms with Gasteiger partial charge in [-0.1, -0.05) is 18.2 Å². The summed E-state index contributed by atoms with van der Waals surface area (Å²) in [6.45, 7) is 4.19. The van der Waals surface area contributed by atoms with E-state index in [1.165, 1.54) is 11.1 Å². The highest BCUT2D eigenvalue weighted by Crippen LogP contribution is 2.33. The molecule has 0 N–H and O–H groups in total. The molecule has 5 nitrogen and oxygen atoms in total. The lowest BCUT2D eigenvalue weighted by Crippen LogP contribution is -2.45. The predicted molar refractivity (Wildman–Crippen MR) is 75.7 cm³/mol. The molecule has 4 rings (SSSR count). The van der Waals surface area contributed by atoms with E-state index >= 15 is 0 Å². The molecule has 2 aromatic rings. The van der Waals surface area contributed by atoms with Gasteiger partial charge < -0.3 is 14.4 Å². The third-order valence-electron chi connectivity index (χ3n) is 4.19. The van der Waals surface area contributed by atoms with Gasteiger partial charge in [-0.05, 0) is 13.1 Å². The molecule has 1 aromatic heterocycles. The molecule has 5 heteroatoms. The fourth-order valence-corrected chi connectivity index (χ4v) is 3.19. The van der Waals surface area contributed by atoms with E-state index in [1.54, 1.807) is 0 Å². The first-order chi connectivity index (χ1) is 9.83. The van der Waals surface area contributed by atoms with Crippen molar-refractivity contribution in [2.24, 2.45) is 0 Å². The second-order valence-corrected chi connectivity index (χ2v) is 5.59. The molecule has 1 saturated heterocycles. The summed E-state index contributed by atoms with van der Waals surface area (Å²) in [4.78, 5) is 2.30. The average molecular weight is 273 g/mol. The molecular weight excluding hydrogens is 254 g/mol. The number of rotatable bonds is 1. The average Bonchev–Trinajstić information content (AvgIpc) is 2.85. The highest BCUT2D eigenvalue weighted by atomic mass is 16.5. The van der Waals surface area contributed by atoms with Gasteiger partial charge in [0.2, 0.25) is 0 Å². The monoisotopic (exact) mass is 273 g/mol. The Bertz CT molecular complexity index is 625. The predicted octanol–water partition coefficient (Wildman–Crippen LogP) is 1.44. The van der Waals surface area contributed by atoms with Gasteiger partial charge in [-0.3, -0.25) is 4.68 Å². The molecule has 0 radical (unpaired) electrons. The Hall–Kier alpha value is -1.43. The standard InChI is InChI=1S/C15H19N3O2/c1-17-6-8-19-13(10-17)15-14-11-4-2-3-5-12(11)16-18(14)7-9-20-15/h2-5,13,15H,6-10H2,1H3/t13-,15-/m1/s1. The van der Waals surface area contributed by atoms with Crippen LogP contribution in [0.1, 0.15) is 11.8 Å². The van der Waals surface area contributed by atoms with E-state index in [4.69, 9.17) is 9.47 Å². The van der Waals surface area contributed by atoms with E-state index in [0.29, 0.717) is 6.61 Å². The fraction of sp³-hybridized carbons (Fsp3) is 0.533. The van der Waals surface area contributed by atoms with Crippen molar-refractivity contribution in [3.8, 4) is 0 Å². The molecule has 2 atom stereocenters. The molecule has 20 heavy (non-hydrogen) atoms. The van der Waals surface area contributed by atoms with Gasteiger partial charge in [0, 0.05) is 18.5 Å². The molecule has 0 amide bonds. The molecule has 0 bridgehead atoms. The van der Waals surface area contributed by atoms with Crippen LogP contribution in [-0.2, 0) is 16.0 Å². The summed E-state index contributed by atoms with van der Waals surface area (Å²) in [6, 6.07) is 8.28. The number of benzene rings is 1. The molecule has 2 aliphatic rings. The first kappa shape index (κ1) is 12.3. The second kappa shape index (κ2) is 4.84. The minimum atomic E-state index is -0.0149. The number of hydrogen-bond acceptors (Lipinski definition) is 4. The van der Waals surface area contributed by atoms with Crippen LogP contribution in [0.3, 0.4) is 0 Å². The summed E-state index contributed by atoms with van der Waals surface area (Å²) < 4.78 is 14.1. The topological polar surface area (TPSA) is 39.5 Å². The van der Waals surface area contributed by atoms with Crippen LogP contribution in [0.4, 0.5) is 0 Å². The number of ether oxygens (including phenoxy) is 2. The Balaban J connectivity index is 1.77. The summed E-state index contributed by atoms with van der Waals surface area (Å²) in [5.41, 5.74) is 2.22. The van der Waals surface area contributed by atoms with Crippen LogP contribution in [0.15, 0.2) is 24.3 Å². The third kappa shape index (κ3) is 1.93. The van der Waals surface area contributed by atoms with Crippen LogP contribution >= 0.6 is 0 Å². The zero-order chi connectivity index (χ0) is 13.5. The third-order valence-corrected chi connectivity index (χ3v) is 4.19. The SMILES string of the molecule is CN1CCO[C@@H]([C@H]2OCCn3nc4ccccc4c32)C1. The Morgan fingerprint density at radius 1 is 1.15 bits per heavy atom. The van der Waals surface area contributed by atoms with Gasteiger partial charge in [-0.25, -0.2) is 0 Å². The molecule has 1 aromatic carbocycles. The normalized spacial score (nSPS) is 27.6. The van der Waals surface area contributed by atoms with E-state index in [9.17, 15) is 0 Å². The Morgan fingerprint density at radius 3 is 2.90 bits per heavy atom. The van der Waals surface area contributed by atoms with Crippen molar-refractivity contribution in [3.05, 3.63) is 30.0 Å². The number of aromatic nitrogens is 2. The van der Waals surface area contributed by atoms with E-state index in [2.05, 4.69) is 39.9 Å². The van der Waals surface area contributed by atoms with Crippen LogP contribution in [0.25, 0.3) is 10.9 Å². The highest BCUT2D eigenvalue weighted by Gasteiger charge is 2.34. The van der Waals surface area contributed by atoms with Crippen LogP contribution < -0.4 is 0 Å². The number of morpholine rings is 1. The van der Waals surface area contributed by atoms with Crippen LogP contribution in [0.2, 0.25) is 0 Å². The van der Waals surface area contributed by atoms with E-state index < -0.39 is 0 Å². The maximum atomic E-state index is 6.05. The smallest absolute Gasteiger partial charge is 0.127 e. The molecule has 0 spiro atoms. The first-order valence-corrected chi connectivity index (χ1v) is 7.20. The molecule has 3 heterocycles. The van der Waals surface area contributed by atoms with Gasteiger partial charge in [-0.15, -0.1) is 0 Å². The minimum absolute atomic E-state index is 0.0149. The highest BCUT2D eigenvalue weighted by molar-refractivity contribution is 5.82. The van der Waals surface area contributed by atoms with Crippen molar-refractivity contribution >= 4 is 10.9 Å². The lowest BCUT2D eigenvalue weighted by atomic mass is 10.0. The van der Waals surface area contributed by atoms with Crippen molar-refractivity contribution in [3.63, 3.8) is 0 Å². The lowest BCUT2D eigenvalue weighted by molar-refractivity contribution is -0.121. The molecule has 2 aliphatic heterocycles. The van der Waals surface area contributed by atoms with Crippen molar-refractivity contribution in [1.29, 1.82) is 0 Å². The summed E-state index contributed by atoms with van der Waals surface area (Å²) in [5, 5.41) is 5.87. The fourth-order valence-electron chi connectivity index (χ4n) is 3.19. The van der Waals surface area contributed by atoms with Crippen molar-refractivity contribution in [2.45, 2.75) is 18.8 Å². The molecule has 0 unspecified atom stereocenters. The van der Waals surface area contributed by atoms with Crippen molar-refractivity contribution in [2.75, 3.05) is 33.4 Å². The zero-order valence-electron chi connectivity index (χ0n) is 11.7. The number of nitrogens with zero attached hydrogens (tertiary/aromatic N) is 3. The van der Waals surface area contributed by atoms with Crippen LogP contribution in [-0.4, -0.2) is 54.1 Å². The van der Waals surface area contributed by atoms with Crippen molar-refractivity contribution in [1.82, 2.24) is 14.7 Å². The van der Waals surface area contributed by atoms with Gasteiger partial charge in [0.25, 0.3) is 0 Å². The van der Waals surface area contributed by atoms with Gasteiger partial charge in [0.1, 0.15) is 12.2 Å². The van der Waals surface area contributed by atoms with Crippen molar-refractivity contribution < 1.29 is 9.47 Å². The lowest BCUT2D eigenvalue weighted by Gasteiger charge is -2.37.